The van der Waals surface area contributed by atoms with Gasteiger partial charge in [0.2, 0.25) is 0 Å². The number of ether oxygens (including phenoxy) is 2. The van der Waals surface area contributed by atoms with Gasteiger partial charge in [0.25, 0.3) is 5.91 Å². The summed E-state index contributed by atoms with van der Waals surface area (Å²) in [6.45, 7) is 6.83. The van der Waals surface area contributed by atoms with Crippen molar-refractivity contribution in [2.24, 2.45) is 0 Å². The molecule has 0 aliphatic heterocycles. The number of likely N-dealkylation sites (N-methyl/N-ethyl adjacent to an activating group) is 1. The van der Waals surface area contributed by atoms with Gasteiger partial charge in [0, 0.05) is 14.2 Å². The second kappa shape index (κ2) is 7.14. The maximum Gasteiger partial charge on any atom is 0.251 e. The lowest BCUT2D eigenvalue weighted by molar-refractivity contribution is -0.139. The summed E-state index contributed by atoms with van der Waals surface area (Å²) in [7, 11) is 3.28. The normalized spacial score (nSPS) is 12.1. The van der Waals surface area contributed by atoms with Crippen molar-refractivity contribution in [1.29, 1.82) is 0 Å². The summed E-state index contributed by atoms with van der Waals surface area (Å²) in [6, 6.07) is 6.09. The highest BCUT2D eigenvalue weighted by Gasteiger charge is 2.16. The Kier molecular flexibility index (Phi) is 5.83. The van der Waals surface area contributed by atoms with Gasteiger partial charge in [-0.05, 0) is 44.0 Å². The van der Waals surface area contributed by atoms with Crippen molar-refractivity contribution in [3.8, 4) is 5.75 Å². The molecule has 19 heavy (non-hydrogen) atoms. The average molecular weight is 265 g/mol. The number of methoxy groups -OCH3 is 1. The standard InChI is InChI=1S/C15H23NO3/c1-11-8-12(2)10-14(9-11)19-7-6-16(4)15(17)13(3)18-5/h8-10,13H,6-7H2,1-5H3. The summed E-state index contributed by atoms with van der Waals surface area (Å²) in [4.78, 5) is 13.4. The molecule has 1 amide bonds. The second-order valence-corrected chi connectivity index (χ2v) is 4.81. The van der Waals surface area contributed by atoms with E-state index < -0.39 is 6.10 Å². The molecular formula is C15H23NO3. The van der Waals surface area contributed by atoms with E-state index in [1.165, 1.54) is 18.2 Å². The number of benzene rings is 1. The Morgan fingerprint density at radius 2 is 1.84 bits per heavy atom. The van der Waals surface area contributed by atoms with E-state index in [-0.39, 0.29) is 5.91 Å². The summed E-state index contributed by atoms with van der Waals surface area (Å²) in [5.41, 5.74) is 2.35. The van der Waals surface area contributed by atoms with E-state index in [0.29, 0.717) is 13.2 Å². The zero-order chi connectivity index (χ0) is 14.4. The van der Waals surface area contributed by atoms with E-state index in [1.54, 1.807) is 18.9 Å². The van der Waals surface area contributed by atoms with Crippen molar-refractivity contribution in [1.82, 2.24) is 4.90 Å². The first-order valence-electron chi connectivity index (χ1n) is 6.43. The van der Waals surface area contributed by atoms with Crippen LogP contribution in [0.25, 0.3) is 0 Å². The highest BCUT2D eigenvalue weighted by Crippen LogP contribution is 2.16. The van der Waals surface area contributed by atoms with Crippen LogP contribution in [0, 0.1) is 13.8 Å². The smallest absolute Gasteiger partial charge is 0.251 e. The molecule has 0 saturated carbocycles. The van der Waals surface area contributed by atoms with E-state index in [4.69, 9.17) is 9.47 Å². The van der Waals surface area contributed by atoms with Crippen LogP contribution < -0.4 is 4.74 Å². The van der Waals surface area contributed by atoms with Gasteiger partial charge in [0.15, 0.2) is 0 Å². The number of amides is 1. The van der Waals surface area contributed by atoms with Gasteiger partial charge < -0.3 is 14.4 Å². The molecule has 0 aliphatic carbocycles. The van der Waals surface area contributed by atoms with Gasteiger partial charge in [-0.2, -0.15) is 0 Å². The first kappa shape index (κ1) is 15.5. The molecule has 1 aromatic carbocycles. The van der Waals surface area contributed by atoms with E-state index in [9.17, 15) is 4.79 Å². The third-order valence-electron chi connectivity index (χ3n) is 2.97. The van der Waals surface area contributed by atoms with Crippen molar-refractivity contribution in [3.05, 3.63) is 29.3 Å². The largest absolute Gasteiger partial charge is 0.492 e. The van der Waals surface area contributed by atoms with Crippen LogP contribution in [0.15, 0.2) is 18.2 Å². The second-order valence-electron chi connectivity index (χ2n) is 4.81. The van der Waals surface area contributed by atoms with E-state index >= 15 is 0 Å². The van der Waals surface area contributed by atoms with Crippen LogP contribution >= 0.6 is 0 Å². The minimum Gasteiger partial charge on any atom is -0.492 e. The summed E-state index contributed by atoms with van der Waals surface area (Å²) in [5.74, 6) is 0.810. The predicted octanol–water partition coefficient (Wildman–Crippen LogP) is 2.18. The Balaban J connectivity index is 2.43. The third kappa shape index (κ3) is 4.91. The highest BCUT2D eigenvalue weighted by molar-refractivity contribution is 5.80. The number of carbonyl (C=O) groups excluding carboxylic acids is 1. The molecule has 0 saturated heterocycles. The highest BCUT2D eigenvalue weighted by atomic mass is 16.5. The minimum atomic E-state index is -0.411. The number of carbonyl (C=O) groups is 1. The average Bonchev–Trinajstić information content (AvgIpc) is 2.35. The van der Waals surface area contributed by atoms with Crippen LogP contribution in [-0.2, 0) is 9.53 Å². The van der Waals surface area contributed by atoms with Gasteiger partial charge in [-0.15, -0.1) is 0 Å². The molecule has 4 heteroatoms. The van der Waals surface area contributed by atoms with Crippen LogP contribution in [-0.4, -0.2) is 44.2 Å². The molecule has 106 valence electrons. The summed E-state index contributed by atoms with van der Waals surface area (Å²) in [5, 5.41) is 0. The molecular weight excluding hydrogens is 242 g/mol. The van der Waals surface area contributed by atoms with Gasteiger partial charge in [-0.25, -0.2) is 0 Å². The maximum absolute atomic E-state index is 11.8. The number of nitrogens with zero attached hydrogens (tertiary/aromatic N) is 1. The van der Waals surface area contributed by atoms with E-state index in [0.717, 1.165) is 5.75 Å². The molecule has 1 atom stereocenters. The van der Waals surface area contributed by atoms with Crippen LogP contribution in [0.5, 0.6) is 5.75 Å². The molecule has 0 N–H and O–H groups in total. The molecule has 0 heterocycles. The molecule has 0 spiro atoms. The monoisotopic (exact) mass is 265 g/mol. The molecule has 0 fully saturated rings. The van der Waals surface area contributed by atoms with E-state index in [2.05, 4.69) is 6.07 Å². The van der Waals surface area contributed by atoms with Crippen LogP contribution in [0.2, 0.25) is 0 Å². The first-order valence-corrected chi connectivity index (χ1v) is 6.43. The lowest BCUT2D eigenvalue weighted by Crippen LogP contribution is -2.38. The molecule has 0 aromatic heterocycles. The number of hydrogen-bond acceptors (Lipinski definition) is 3. The van der Waals surface area contributed by atoms with Crippen LogP contribution in [0.1, 0.15) is 18.1 Å². The van der Waals surface area contributed by atoms with Crippen molar-refractivity contribution in [2.75, 3.05) is 27.3 Å². The van der Waals surface area contributed by atoms with Gasteiger partial charge in [-0.1, -0.05) is 6.07 Å². The predicted molar refractivity (Wildman–Crippen MR) is 75.5 cm³/mol. The topological polar surface area (TPSA) is 38.8 Å². The number of aryl methyl sites for hydroxylation is 2. The number of hydrogen-bond donors (Lipinski definition) is 0. The van der Waals surface area contributed by atoms with Gasteiger partial charge >= 0.3 is 0 Å². The molecule has 1 rings (SSSR count). The van der Waals surface area contributed by atoms with Crippen LogP contribution in [0.3, 0.4) is 0 Å². The molecule has 1 unspecified atom stereocenters. The van der Waals surface area contributed by atoms with Gasteiger partial charge in [0.05, 0.1) is 6.54 Å². The summed E-state index contributed by atoms with van der Waals surface area (Å²) >= 11 is 0. The third-order valence-corrected chi connectivity index (χ3v) is 2.97. The Morgan fingerprint density at radius 1 is 1.26 bits per heavy atom. The molecule has 0 radical (unpaired) electrons. The van der Waals surface area contributed by atoms with Gasteiger partial charge in [-0.3, -0.25) is 4.79 Å². The summed E-state index contributed by atoms with van der Waals surface area (Å²) in [6.07, 6.45) is -0.411. The molecule has 0 aliphatic rings. The van der Waals surface area contributed by atoms with Crippen LogP contribution in [0.4, 0.5) is 0 Å². The lowest BCUT2D eigenvalue weighted by Gasteiger charge is -2.20. The zero-order valence-corrected chi connectivity index (χ0v) is 12.4. The van der Waals surface area contributed by atoms with Gasteiger partial charge in [0.1, 0.15) is 18.5 Å². The summed E-state index contributed by atoms with van der Waals surface area (Å²) < 4.78 is 10.7. The number of rotatable bonds is 6. The minimum absolute atomic E-state index is 0.0356. The quantitative estimate of drug-likeness (QED) is 0.791. The zero-order valence-electron chi connectivity index (χ0n) is 12.4. The van der Waals surface area contributed by atoms with Crippen molar-refractivity contribution >= 4 is 5.91 Å². The molecule has 4 nitrogen and oxygen atoms in total. The first-order chi connectivity index (χ1) is 8.93. The Bertz CT molecular complexity index is 411. The Hall–Kier alpha value is -1.55. The SMILES string of the molecule is COC(C)C(=O)N(C)CCOc1cc(C)cc(C)c1. The fourth-order valence-electron chi connectivity index (χ4n) is 1.84. The molecule has 0 bridgehead atoms. The Labute approximate surface area is 115 Å². The maximum atomic E-state index is 11.8. The fraction of sp³-hybridized carbons (Fsp3) is 0.533. The Morgan fingerprint density at radius 3 is 2.37 bits per heavy atom. The molecule has 1 aromatic rings. The lowest BCUT2D eigenvalue weighted by atomic mass is 10.1. The van der Waals surface area contributed by atoms with Crippen molar-refractivity contribution in [3.63, 3.8) is 0 Å². The van der Waals surface area contributed by atoms with Crippen molar-refractivity contribution in [2.45, 2.75) is 26.9 Å². The van der Waals surface area contributed by atoms with Crippen molar-refractivity contribution < 1.29 is 14.3 Å². The van der Waals surface area contributed by atoms with E-state index in [1.807, 2.05) is 26.0 Å². The fourth-order valence-corrected chi connectivity index (χ4v) is 1.84.